The van der Waals surface area contributed by atoms with Crippen molar-refractivity contribution < 1.29 is 19.8 Å². The average molecular weight is 344 g/mol. The van der Waals surface area contributed by atoms with Crippen molar-refractivity contribution in [1.29, 1.82) is 0 Å². The molecule has 4 rings (SSSR count). The number of carboxylic acids is 2. The Kier molecular flexibility index (Phi) is 5.08. The van der Waals surface area contributed by atoms with E-state index in [-0.39, 0.29) is 0 Å². The standard InChI is InChI=1S/C15H20N2.C4H4O4/c1-16-7-5-12-9-17-8-6-11-3-2-4-13(15(11)17)14(12)10-16;5-3(6)1-2-4(7)8/h2-4,12,14H,5-10H2,1H3;1-2H,(H,5,6)(H,7,8)/b;2-1+/t12-,14-;/m1./s1. The first-order valence-corrected chi connectivity index (χ1v) is 8.65. The summed E-state index contributed by atoms with van der Waals surface area (Å²) < 4.78 is 0. The van der Waals surface area contributed by atoms with Crippen LogP contribution in [0.5, 0.6) is 0 Å². The predicted molar refractivity (Wildman–Crippen MR) is 95.1 cm³/mol. The van der Waals surface area contributed by atoms with Crippen LogP contribution < -0.4 is 4.90 Å². The molecule has 0 amide bonds. The van der Waals surface area contributed by atoms with Gasteiger partial charge in [0.25, 0.3) is 0 Å². The Bertz CT molecular complexity index is 685. The van der Waals surface area contributed by atoms with Crippen LogP contribution in [0.4, 0.5) is 5.69 Å². The Hall–Kier alpha value is -2.34. The number of piperidine rings is 1. The third kappa shape index (κ3) is 3.85. The lowest BCUT2D eigenvalue weighted by Crippen LogP contribution is -2.45. The number of hydrogen-bond acceptors (Lipinski definition) is 4. The molecule has 0 bridgehead atoms. The van der Waals surface area contributed by atoms with E-state index in [1.54, 1.807) is 16.8 Å². The van der Waals surface area contributed by atoms with Crippen molar-refractivity contribution in [2.45, 2.75) is 18.8 Å². The number of fused-ring (bicyclic) bond motifs is 2. The van der Waals surface area contributed by atoms with E-state index in [0.29, 0.717) is 12.2 Å². The molecule has 1 fully saturated rings. The van der Waals surface area contributed by atoms with Crippen molar-refractivity contribution >= 4 is 17.6 Å². The fourth-order valence-corrected chi connectivity index (χ4v) is 4.21. The normalized spacial score (nSPS) is 24.3. The average Bonchev–Trinajstić information content (AvgIpc) is 2.99. The molecule has 1 saturated heterocycles. The Morgan fingerprint density at radius 2 is 1.84 bits per heavy atom. The second kappa shape index (κ2) is 7.27. The first-order valence-electron chi connectivity index (χ1n) is 8.65. The lowest BCUT2D eigenvalue weighted by Gasteiger charge is -2.44. The molecule has 0 unspecified atom stereocenters. The summed E-state index contributed by atoms with van der Waals surface area (Å²) in [6.07, 6.45) is 3.75. The van der Waals surface area contributed by atoms with Crippen LogP contribution >= 0.6 is 0 Å². The topological polar surface area (TPSA) is 81.1 Å². The molecule has 1 aromatic carbocycles. The van der Waals surface area contributed by atoms with Gasteiger partial charge in [0.15, 0.2) is 0 Å². The number of nitrogens with zero attached hydrogens (tertiary/aromatic N) is 2. The monoisotopic (exact) mass is 344 g/mol. The van der Waals surface area contributed by atoms with Gasteiger partial charge in [-0.15, -0.1) is 0 Å². The summed E-state index contributed by atoms with van der Waals surface area (Å²) in [5.74, 6) is -0.829. The smallest absolute Gasteiger partial charge is 0.328 e. The summed E-state index contributed by atoms with van der Waals surface area (Å²) >= 11 is 0. The Morgan fingerprint density at radius 3 is 2.52 bits per heavy atom. The van der Waals surface area contributed by atoms with E-state index in [2.05, 4.69) is 35.0 Å². The third-order valence-corrected chi connectivity index (χ3v) is 5.30. The van der Waals surface area contributed by atoms with Crippen LogP contribution in [0, 0.1) is 5.92 Å². The fourth-order valence-electron chi connectivity index (χ4n) is 4.21. The van der Waals surface area contributed by atoms with Gasteiger partial charge in [0, 0.05) is 43.4 Å². The molecule has 0 saturated carbocycles. The van der Waals surface area contributed by atoms with E-state index in [4.69, 9.17) is 10.2 Å². The molecule has 0 aliphatic carbocycles. The zero-order chi connectivity index (χ0) is 18.0. The molecule has 134 valence electrons. The van der Waals surface area contributed by atoms with E-state index in [0.717, 1.165) is 11.8 Å². The molecular formula is C19H24N2O4. The summed E-state index contributed by atoms with van der Waals surface area (Å²) in [5.41, 5.74) is 4.83. The number of anilines is 1. The molecular weight excluding hydrogens is 320 g/mol. The molecule has 0 spiro atoms. The number of rotatable bonds is 2. The van der Waals surface area contributed by atoms with Gasteiger partial charge in [-0.3, -0.25) is 0 Å². The van der Waals surface area contributed by atoms with Crippen molar-refractivity contribution in [1.82, 2.24) is 4.90 Å². The van der Waals surface area contributed by atoms with Gasteiger partial charge in [-0.25, -0.2) is 9.59 Å². The molecule has 0 radical (unpaired) electrons. The quantitative estimate of drug-likeness (QED) is 0.797. The highest BCUT2D eigenvalue weighted by Gasteiger charge is 2.39. The molecule has 2 atom stereocenters. The second-order valence-electron chi connectivity index (χ2n) is 6.98. The van der Waals surface area contributed by atoms with Crippen molar-refractivity contribution in [3.63, 3.8) is 0 Å². The summed E-state index contributed by atoms with van der Waals surface area (Å²) in [7, 11) is 2.27. The predicted octanol–water partition coefficient (Wildman–Crippen LogP) is 1.81. The van der Waals surface area contributed by atoms with E-state index in [1.807, 2.05) is 0 Å². The van der Waals surface area contributed by atoms with Crippen LogP contribution in [0.2, 0.25) is 0 Å². The SMILES string of the molecule is CN1CC[C@@H]2CN3CCc4cccc(c43)[C@@H]2C1.O=C(O)/C=C/C(=O)O. The van der Waals surface area contributed by atoms with E-state index in [1.165, 1.54) is 39.0 Å². The molecule has 25 heavy (non-hydrogen) atoms. The maximum atomic E-state index is 9.55. The van der Waals surface area contributed by atoms with Crippen LogP contribution in [0.1, 0.15) is 23.5 Å². The minimum atomic E-state index is -1.26. The summed E-state index contributed by atoms with van der Waals surface area (Å²) in [5, 5.41) is 15.6. The minimum Gasteiger partial charge on any atom is -0.478 e. The Labute approximate surface area is 147 Å². The Morgan fingerprint density at radius 1 is 1.12 bits per heavy atom. The molecule has 2 N–H and O–H groups in total. The van der Waals surface area contributed by atoms with Gasteiger partial charge < -0.3 is 20.0 Å². The molecule has 6 nitrogen and oxygen atoms in total. The van der Waals surface area contributed by atoms with Crippen LogP contribution in [-0.2, 0) is 16.0 Å². The first-order chi connectivity index (χ1) is 12.0. The zero-order valence-corrected chi connectivity index (χ0v) is 14.4. The number of likely N-dealkylation sites (N-methyl/N-ethyl adjacent to an activating group) is 1. The molecule has 3 heterocycles. The minimum absolute atomic E-state index is 0.558. The van der Waals surface area contributed by atoms with Crippen LogP contribution in [-0.4, -0.2) is 60.3 Å². The second-order valence-corrected chi connectivity index (χ2v) is 6.98. The fraction of sp³-hybridized carbons (Fsp3) is 0.474. The highest BCUT2D eigenvalue weighted by molar-refractivity contribution is 5.89. The van der Waals surface area contributed by atoms with E-state index >= 15 is 0 Å². The highest BCUT2D eigenvalue weighted by Crippen LogP contribution is 2.46. The number of likely N-dealkylation sites (tertiary alicyclic amines) is 1. The summed E-state index contributed by atoms with van der Waals surface area (Å²) in [4.78, 5) is 24.3. The van der Waals surface area contributed by atoms with Gasteiger partial charge in [-0.2, -0.15) is 0 Å². The van der Waals surface area contributed by atoms with Crippen molar-refractivity contribution in [2.75, 3.05) is 38.1 Å². The maximum absolute atomic E-state index is 9.55. The lowest BCUT2D eigenvalue weighted by molar-refractivity contribution is -0.134. The van der Waals surface area contributed by atoms with Crippen LogP contribution in [0.15, 0.2) is 30.4 Å². The number of aliphatic carboxylic acids is 2. The van der Waals surface area contributed by atoms with Crippen molar-refractivity contribution in [3.05, 3.63) is 41.5 Å². The third-order valence-electron chi connectivity index (χ3n) is 5.30. The number of para-hydroxylation sites is 1. The summed E-state index contributed by atoms with van der Waals surface area (Å²) in [6, 6.07) is 6.98. The van der Waals surface area contributed by atoms with Crippen LogP contribution in [0.3, 0.4) is 0 Å². The molecule has 0 aromatic heterocycles. The highest BCUT2D eigenvalue weighted by atomic mass is 16.4. The van der Waals surface area contributed by atoms with E-state index in [9.17, 15) is 9.59 Å². The lowest BCUT2D eigenvalue weighted by atomic mass is 9.77. The van der Waals surface area contributed by atoms with Crippen molar-refractivity contribution in [3.8, 4) is 0 Å². The first kappa shape index (κ1) is 17.5. The van der Waals surface area contributed by atoms with Crippen LogP contribution in [0.25, 0.3) is 0 Å². The van der Waals surface area contributed by atoms with Gasteiger partial charge in [-0.1, -0.05) is 18.2 Å². The largest absolute Gasteiger partial charge is 0.478 e. The molecule has 3 aliphatic rings. The molecule has 3 aliphatic heterocycles. The van der Waals surface area contributed by atoms with E-state index < -0.39 is 11.9 Å². The summed E-state index contributed by atoms with van der Waals surface area (Å²) in [6.45, 7) is 5.10. The maximum Gasteiger partial charge on any atom is 0.328 e. The number of benzene rings is 1. The molecule has 6 heteroatoms. The number of carbonyl (C=O) groups is 2. The van der Waals surface area contributed by atoms with Gasteiger partial charge >= 0.3 is 11.9 Å². The van der Waals surface area contributed by atoms with Gasteiger partial charge in [-0.05, 0) is 43.5 Å². The number of hydrogen-bond donors (Lipinski definition) is 2. The van der Waals surface area contributed by atoms with Crippen molar-refractivity contribution in [2.24, 2.45) is 5.92 Å². The van der Waals surface area contributed by atoms with Gasteiger partial charge in [0.1, 0.15) is 0 Å². The number of carboxylic acid groups (broad SMARTS) is 2. The molecule has 1 aromatic rings. The van der Waals surface area contributed by atoms with Gasteiger partial charge in [0.05, 0.1) is 0 Å². The Balaban J connectivity index is 0.000000197. The zero-order valence-electron chi connectivity index (χ0n) is 14.4. The van der Waals surface area contributed by atoms with Gasteiger partial charge in [0.2, 0.25) is 0 Å².